The fourth-order valence-electron chi connectivity index (χ4n) is 1.24. The summed E-state index contributed by atoms with van der Waals surface area (Å²) in [6.45, 7) is 1.99. The van der Waals surface area contributed by atoms with E-state index in [4.69, 9.17) is 9.47 Å². The van der Waals surface area contributed by atoms with Gasteiger partial charge < -0.3 is 9.47 Å². The van der Waals surface area contributed by atoms with Gasteiger partial charge in [0.2, 0.25) is 5.69 Å². The molecule has 7 heteroatoms. The number of nitrogens with zero attached hydrogens (tertiary/aromatic N) is 2. The van der Waals surface area contributed by atoms with Crippen molar-refractivity contribution in [1.29, 1.82) is 0 Å². The van der Waals surface area contributed by atoms with Gasteiger partial charge in [0.25, 0.3) is 5.88 Å². The van der Waals surface area contributed by atoms with Gasteiger partial charge in [0.1, 0.15) is 5.75 Å². The van der Waals surface area contributed by atoms with Crippen molar-refractivity contribution in [3.63, 3.8) is 0 Å². The minimum absolute atomic E-state index is 0.0374. The number of ether oxygens (including phenoxy) is 2. The van der Waals surface area contributed by atoms with Crippen LogP contribution in [0.15, 0.2) is 24.3 Å². The van der Waals surface area contributed by atoms with E-state index in [1.54, 1.807) is 19.1 Å². The van der Waals surface area contributed by atoms with Gasteiger partial charge in [-0.1, -0.05) is 5.21 Å². The molecule has 0 saturated heterocycles. The predicted octanol–water partition coefficient (Wildman–Crippen LogP) is 2.38. The maximum Gasteiger partial charge on any atom is 0.364 e. The number of carbonyl (C=O) groups excluding carboxylic acids is 1. The molecule has 0 atom stereocenters. The molecule has 1 N–H and O–H groups in total. The first-order valence-corrected chi connectivity index (χ1v) is 6.30. The summed E-state index contributed by atoms with van der Waals surface area (Å²) in [5.41, 5.74) is 0.0374. The standard InChI is InChI=1S/C11H10IN3O3/c1-2-17-11(16)9-10(14-15-13-9)18-8-5-3-7(12)4-6-8/h3-6H,2H2,1H3,(H,13,14,15). The van der Waals surface area contributed by atoms with Crippen LogP contribution in [-0.2, 0) is 4.74 Å². The SMILES string of the molecule is CCOC(=O)c1nn[nH]c1Oc1ccc(I)cc1. The van der Waals surface area contributed by atoms with Crippen LogP contribution >= 0.6 is 22.6 Å². The molecule has 2 rings (SSSR count). The second kappa shape index (κ2) is 5.80. The minimum atomic E-state index is -0.563. The highest BCUT2D eigenvalue weighted by molar-refractivity contribution is 14.1. The fraction of sp³-hybridized carbons (Fsp3) is 0.182. The van der Waals surface area contributed by atoms with Crippen molar-refractivity contribution in [1.82, 2.24) is 15.4 Å². The zero-order valence-corrected chi connectivity index (χ0v) is 11.7. The van der Waals surface area contributed by atoms with E-state index in [0.717, 1.165) is 3.57 Å². The Morgan fingerprint density at radius 2 is 2.11 bits per heavy atom. The molecule has 0 aliphatic rings. The van der Waals surface area contributed by atoms with Crippen molar-refractivity contribution >= 4 is 28.6 Å². The number of carbonyl (C=O) groups is 1. The van der Waals surface area contributed by atoms with Gasteiger partial charge in [-0.2, -0.15) is 0 Å². The van der Waals surface area contributed by atoms with Gasteiger partial charge in [0, 0.05) is 3.57 Å². The number of hydrogen-bond donors (Lipinski definition) is 1. The van der Waals surface area contributed by atoms with Crippen LogP contribution in [0.4, 0.5) is 0 Å². The number of aromatic amines is 1. The number of nitrogens with one attached hydrogen (secondary N) is 1. The molecule has 94 valence electrons. The summed E-state index contributed by atoms with van der Waals surface area (Å²) in [7, 11) is 0. The lowest BCUT2D eigenvalue weighted by atomic mass is 10.3. The van der Waals surface area contributed by atoms with E-state index in [0.29, 0.717) is 5.75 Å². The molecule has 0 spiro atoms. The molecule has 0 saturated carbocycles. The van der Waals surface area contributed by atoms with Crippen molar-refractivity contribution < 1.29 is 14.3 Å². The third-order valence-electron chi connectivity index (χ3n) is 2.02. The summed E-state index contributed by atoms with van der Waals surface area (Å²) in [6.07, 6.45) is 0. The number of H-pyrrole nitrogens is 1. The lowest BCUT2D eigenvalue weighted by Gasteiger charge is -2.04. The first kappa shape index (κ1) is 12.8. The molecule has 1 heterocycles. The topological polar surface area (TPSA) is 77.1 Å². The summed E-state index contributed by atoms with van der Waals surface area (Å²) >= 11 is 2.19. The Balaban J connectivity index is 2.17. The van der Waals surface area contributed by atoms with E-state index >= 15 is 0 Å². The summed E-state index contributed by atoms with van der Waals surface area (Å²) in [6, 6.07) is 7.36. The third-order valence-corrected chi connectivity index (χ3v) is 2.74. The smallest absolute Gasteiger partial charge is 0.364 e. The van der Waals surface area contributed by atoms with Gasteiger partial charge in [-0.15, -0.1) is 5.10 Å². The molecule has 1 aromatic carbocycles. The average molecular weight is 359 g/mol. The molecular weight excluding hydrogens is 349 g/mol. The monoisotopic (exact) mass is 359 g/mol. The highest BCUT2D eigenvalue weighted by Gasteiger charge is 2.19. The van der Waals surface area contributed by atoms with Crippen LogP contribution in [0.25, 0.3) is 0 Å². The fourth-order valence-corrected chi connectivity index (χ4v) is 1.60. The Hall–Kier alpha value is -1.64. The minimum Gasteiger partial charge on any atom is -0.461 e. The van der Waals surface area contributed by atoms with E-state index in [1.165, 1.54) is 0 Å². The number of esters is 1. The van der Waals surface area contributed by atoms with Crippen LogP contribution in [0.1, 0.15) is 17.4 Å². The first-order chi connectivity index (χ1) is 8.70. The van der Waals surface area contributed by atoms with E-state index < -0.39 is 5.97 Å². The molecule has 0 radical (unpaired) electrons. The summed E-state index contributed by atoms with van der Waals surface area (Å²) in [5, 5.41) is 9.70. The predicted molar refractivity (Wildman–Crippen MR) is 71.6 cm³/mol. The van der Waals surface area contributed by atoms with Gasteiger partial charge in [-0.05, 0) is 53.8 Å². The van der Waals surface area contributed by atoms with Crippen LogP contribution in [-0.4, -0.2) is 28.0 Å². The second-order valence-corrected chi connectivity index (χ2v) is 4.51. The van der Waals surface area contributed by atoms with E-state index in [-0.39, 0.29) is 18.2 Å². The number of aromatic nitrogens is 3. The van der Waals surface area contributed by atoms with Crippen molar-refractivity contribution in [3.05, 3.63) is 33.5 Å². The Morgan fingerprint density at radius 3 is 2.78 bits per heavy atom. The Bertz CT molecular complexity index is 539. The molecule has 0 unspecified atom stereocenters. The van der Waals surface area contributed by atoms with E-state index in [2.05, 4.69) is 38.0 Å². The molecule has 0 fully saturated rings. The summed E-state index contributed by atoms with van der Waals surface area (Å²) < 4.78 is 11.4. The lowest BCUT2D eigenvalue weighted by molar-refractivity contribution is 0.0516. The highest BCUT2D eigenvalue weighted by atomic mass is 127. The van der Waals surface area contributed by atoms with Crippen LogP contribution in [0, 0.1) is 3.57 Å². The van der Waals surface area contributed by atoms with Gasteiger partial charge in [-0.25, -0.2) is 9.89 Å². The maximum absolute atomic E-state index is 11.5. The van der Waals surface area contributed by atoms with E-state index in [1.807, 2.05) is 12.1 Å². The highest BCUT2D eigenvalue weighted by Crippen LogP contribution is 2.22. The molecule has 2 aromatic rings. The zero-order valence-electron chi connectivity index (χ0n) is 9.51. The van der Waals surface area contributed by atoms with Gasteiger partial charge in [0.15, 0.2) is 0 Å². The number of rotatable bonds is 4. The molecule has 0 amide bonds. The van der Waals surface area contributed by atoms with Gasteiger partial charge in [-0.3, -0.25) is 0 Å². The molecule has 0 aliphatic heterocycles. The summed E-state index contributed by atoms with van der Waals surface area (Å²) in [4.78, 5) is 11.5. The Labute approximate surface area is 117 Å². The molecule has 1 aromatic heterocycles. The van der Waals surface area contributed by atoms with Gasteiger partial charge in [0.05, 0.1) is 6.61 Å². The molecule has 0 bridgehead atoms. The quantitative estimate of drug-likeness (QED) is 0.670. The summed E-state index contributed by atoms with van der Waals surface area (Å²) in [5.74, 6) is 0.202. The zero-order chi connectivity index (χ0) is 13.0. The lowest BCUT2D eigenvalue weighted by Crippen LogP contribution is -2.06. The van der Waals surface area contributed by atoms with Gasteiger partial charge >= 0.3 is 5.97 Å². The van der Waals surface area contributed by atoms with Crippen LogP contribution in [0.5, 0.6) is 11.6 Å². The van der Waals surface area contributed by atoms with E-state index in [9.17, 15) is 4.79 Å². The normalized spacial score (nSPS) is 10.1. The molecule has 6 nitrogen and oxygen atoms in total. The number of benzene rings is 1. The number of halogens is 1. The van der Waals surface area contributed by atoms with Crippen molar-refractivity contribution in [3.8, 4) is 11.6 Å². The van der Waals surface area contributed by atoms with Crippen LogP contribution in [0.3, 0.4) is 0 Å². The third kappa shape index (κ3) is 2.97. The largest absolute Gasteiger partial charge is 0.461 e. The Morgan fingerprint density at radius 1 is 1.39 bits per heavy atom. The average Bonchev–Trinajstić information content (AvgIpc) is 2.81. The van der Waals surface area contributed by atoms with Crippen LogP contribution < -0.4 is 4.74 Å². The molecule has 0 aliphatic carbocycles. The van der Waals surface area contributed by atoms with Crippen molar-refractivity contribution in [2.45, 2.75) is 6.92 Å². The number of hydrogen-bond acceptors (Lipinski definition) is 5. The molecular formula is C11H10IN3O3. The molecule has 18 heavy (non-hydrogen) atoms. The first-order valence-electron chi connectivity index (χ1n) is 5.22. The second-order valence-electron chi connectivity index (χ2n) is 3.27. The van der Waals surface area contributed by atoms with Crippen LogP contribution in [0.2, 0.25) is 0 Å². The van der Waals surface area contributed by atoms with Crippen molar-refractivity contribution in [2.75, 3.05) is 6.61 Å². The Kier molecular flexibility index (Phi) is 4.13. The maximum atomic E-state index is 11.5. The van der Waals surface area contributed by atoms with Crippen molar-refractivity contribution in [2.24, 2.45) is 0 Å².